The fourth-order valence-electron chi connectivity index (χ4n) is 1.75. The van der Waals surface area contributed by atoms with Crippen molar-refractivity contribution in [1.82, 2.24) is 5.43 Å². The van der Waals surface area contributed by atoms with Gasteiger partial charge in [-0.15, -0.1) is 0 Å². The highest BCUT2D eigenvalue weighted by atomic mass is 35.5. The molecule has 0 heterocycles. The number of carbonyl (C=O) groups excluding carboxylic acids is 2. The van der Waals surface area contributed by atoms with Gasteiger partial charge in [0.25, 0.3) is 0 Å². The Morgan fingerprint density at radius 3 is 2.61 bits per heavy atom. The number of nitrogens with zero attached hydrogens (tertiary/aromatic N) is 1. The number of aromatic hydroxyl groups is 1. The van der Waals surface area contributed by atoms with Gasteiger partial charge in [0.05, 0.1) is 6.21 Å². The third kappa shape index (κ3) is 4.55. The molecule has 0 bridgehead atoms. The monoisotopic (exact) mass is 331 g/mol. The van der Waals surface area contributed by atoms with Crippen molar-refractivity contribution in [2.45, 2.75) is 6.92 Å². The lowest BCUT2D eigenvalue weighted by molar-refractivity contribution is -0.136. The number of phenolic OH excluding ortho intramolecular Hbond substituents is 1. The molecule has 0 fully saturated rings. The number of hydrogen-bond acceptors (Lipinski definition) is 4. The fourth-order valence-corrected chi connectivity index (χ4v) is 1.98. The zero-order valence-electron chi connectivity index (χ0n) is 12.2. The molecule has 0 aromatic heterocycles. The van der Waals surface area contributed by atoms with Crippen LogP contribution in [0.1, 0.15) is 11.1 Å². The third-order valence-electron chi connectivity index (χ3n) is 2.95. The molecule has 0 aliphatic carbocycles. The van der Waals surface area contributed by atoms with Gasteiger partial charge >= 0.3 is 11.8 Å². The number of amides is 2. The number of hydrogen-bond donors (Lipinski definition) is 3. The first-order valence-electron chi connectivity index (χ1n) is 6.66. The quantitative estimate of drug-likeness (QED) is 0.458. The summed E-state index contributed by atoms with van der Waals surface area (Å²) in [4.78, 5) is 23.5. The van der Waals surface area contributed by atoms with Crippen LogP contribution in [0.4, 0.5) is 5.69 Å². The van der Waals surface area contributed by atoms with Crippen LogP contribution in [0.5, 0.6) is 5.75 Å². The summed E-state index contributed by atoms with van der Waals surface area (Å²) in [5.41, 5.74) is 3.73. The molecule has 0 unspecified atom stereocenters. The Labute approximate surface area is 137 Å². The Morgan fingerprint density at radius 2 is 1.91 bits per heavy atom. The molecule has 23 heavy (non-hydrogen) atoms. The Balaban J connectivity index is 1.95. The van der Waals surface area contributed by atoms with Crippen LogP contribution in [0.2, 0.25) is 5.02 Å². The SMILES string of the molecule is Cc1cc(Cl)ccc1NC(=O)C(=O)NN=Cc1ccccc1O. The minimum atomic E-state index is -0.925. The fraction of sp³-hybridized carbons (Fsp3) is 0.0625. The van der Waals surface area contributed by atoms with E-state index in [2.05, 4.69) is 15.8 Å². The predicted molar refractivity (Wildman–Crippen MR) is 88.7 cm³/mol. The minimum Gasteiger partial charge on any atom is -0.507 e. The maximum atomic E-state index is 11.8. The molecule has 0 saturated carbocycles. The molecule has 0 aliphatic rings. The third-order valence-corrected chi connectivity index (χ3v) is 3.18. The summed E-state index contributed by atoms with van der Waals surface area (Å²) in [5.74, 6) is -1.76. The highest BCUT2D eigenvalue weighted by molar-refractivity contribution is 6.39. The topological polar surface area (TPSA) is 90.8 Å². The number of rotatable bonds is 3. The predicted octanol–water partition coefficient (Wildman–Crippen LogP) is 2.44. The van der Waals surface area contributed by atoms with Crippen molar-refractivity contribution in [3.05, 3.63) is 58.6 Å². The summed E-state index contributed by atoms with van der Waals surface area (Å²) in [6, 6.07) is 11.4. The van der Waals surface area contributed by atoms with Gasteiger partial charge in [0.1, 0.15) is 5.75 Å². The van der Waals surface area contributed by atoms with Gasteiger partial charge in [-0.2, -0.15) is 5.10 Å². The Hall–Kier alpha value is -2.86. The molecule has 6 nitrogen and oxygen atoms in total. The number of halogens is 1. The van der Waals surface area contributed by atoms with E-state index in [4.69, 9.17) is 11.6 Å². The van der Waals surface area contributed by atoms with Gasteiger partial charge in [-0.25, -0.2) is 5.43 Å². The van der Waals surface area contributed by atoms with Gasteiger partial charge in [0.2, 0.25) is 0 Å². The summed E-state index contributed by atoms with van der Waals surface area (Å²) >= 11 is 5.82. The van der Waals surface area contributed by atoms with Gasteiger partial charge < -0.3 is 10.4 Å². The maximum absolute atomic E-state index is 11.8. The number of nitrogens with one attached hydrogen (secondary N) is 2. The van der Waals surface area contributed by atoms with Crippen LogP contribution in [0.15, 0.2) is 47.6 Å². The van der Waals surface area contributed by atoms with Crippen molar-refractivity contribution < 1.29 is 14.7 Å². The maximum Gasteiger partial charge on any atom is 0.329 e. The second-order valence-corrected chi connectivity index (χ2v) is 5.11. The van der Waals surface area contributed by atoms with Crippen molar-refractivity contribution >= 4 is 35.3 Å². The molecule has 2 amide bonds. The minimum absolute atomic E-state index is 0.0201. The summed E-state index contributed by atoms with van der Waals surface area (Å²) in [5, 5.41) is 16.2. The van der Waals surface area contributed by atoms with Crippen LogP contribution in [-0.2, 0) is 9.59 Å². The molecule has 118 valence electrons. The number of anilines is 1. The van der Waals surface area contributed by atoms with Crippen LogP contribution in [0.3, 0.4) is 0 Å². The van der Waals surface area contributed by atoms with Gasteiger partial charge in [-0.05, 0) is 42.8 Å². The molecule has 2 rings (SSSR count). The van der Waals surface area contributed by atoms with Crippen molar-refractivity contribution in [3.8, 4) is 5.75 Å². The van der Waals surface area contributed by atoms with Crippen LogP contribution in [-0.4, -0.2) is 23.1 Å². The Morgan fingerprint density at radius 1 is 1.17 bits per heavy atom. The number of carbonyl (C=O) groups is 2. The Bertz CT molecular complexity index is 775. The molecular formula is C16H14ClN3O3. The molecule has 0 radical (unpaired) electrons. The first kappa shape index (κ1) is 16.5. The van der Waals surface area contributed by atoms with E-state index in [1.54, 1.807) is 43.3 Å². The lowest BCUT2D eigenvalue weighted by Crippen LogP contribution is -2.32. The van der Waals surface area contributed by atoms with E-state index in [1.165, 1.54) is 12.3 Å². The van der Waals surface area contributed by atoms with E-state index >= 15 is 0 Å². The largest absolute Gasteiger partial charge is 0.507 e. The van der Waals surface area contributed by atoms with Crippen LogP contribution >= 0.6 is 11.6 Å². The zero-order valence-corrected chi connectivity index (χ0v) is 13.0. The van der Waals surface area contributed by atoms with Gasteiger partial charge in [0.15, 0.2) is 0 Å². The van der Waals surface area contributed by atoms with E-state index in [9.17, 15) is 14.7 Å². The smallest absolute Gasteiger partial charge is 0.329 e. The lowest BCUT2D eigenvalue weighted by Gasteiger charge is -2.07. The van der Waals surface area contributed by atoms with E-state index in [-0.39, 0.29) is 5.75 Å². The summed E-state index contributed by atoms with van der Waals surface area (Å²) in [6.07, 6.45) is 1.24. The second kappa shape index (κ2) is 7.42. The normalized spacial score (nSPS) is 10.5. The van der Waals surface area contributed by atoms with E-state index in [1.807, 2.05) is 0 Å². The summed E-state index contributed by atoms with van der Waals surface area (Å²) < 4.78 is 0. The van der Waals surface area contributed by atoms with Gasteiger partial charge in [0, 0.05) is 16.3 Å². The summed E-state index contributed by atoms with van der Waals surface area (Å²) in [6.45, 7) is 1.76. The van der Waals surface area contributed by atoms with E-state index in [0.717, 1.165) is 5.56 Å². The molecule has 2 aromatic rings. The van der Waals surface area contributed by atoms with E-state index in [0.29, 0.717) is 16.3 Å². The zero-order chi connectivity index (χ0) is 16.8. The number of hydrazone groups is 1. The van der Waals surface area contributed by atoms with Crippen LogP contribution < -0.4 is 10.7 Å². The van der Waals surface area contributed by atoms with Crippen molar-refractivity contribution in [1.29, 1.82) is 0 Å². The number of phenols is 1. The average Bonchev–Trinajstić information content (AvgIpc) is 2.51. The molecule has 0 spiro atoms. The number of aryl methyl sites for hydroxylation is 1. The molecule has 0 aliphatic heterocycles. The molecule has 0 saturated heterocycles. The summed E-state index contributed by atoms with van der Waals surface area (Å²) in [7, 11) is 0. The first-order valence-corrected chi connectivity index (χ1v) is 7.03. The molecule has 2 aromatic carbocycles. The number of benzene rings is 2. The van der Waals surface area contributed by atoms with E-state index < -0.39 is 11.8 Å². The van der Waals surface area contributed by atoms with Crippen LogP contribution in [0, 0.1) is 6.92 Å². The highest BCUT2D eigenvalue weighted by Crippen LogP contribution is 2.19. The lowest BCUT2D eigenvalue weighted by atomic mass is 10.2. The van der Waals surface area contributed by atoms with Gasteiger partial charge in [-0.3, -0.25) is 9.59 Å². The average molecular weight is 332 g/mol. The van der Waals surface area contributed by atoms with Crippen molar-refractivity contribution in [2.24, 2.45) is 5.10 Å². The standard InChI is InChI=1S/C16H14ClN3O3/c1-10-8-12(17)6-7-13(10)19-15(22)16(23)20-18-9-11-4-2-3-5-14(11)21/h2-9,21H,1H3,(H,19,22)(H,20,23). The molecule has 3 N–H and O–H groups in total. The molecular weight excluding hydrogens is 318 g/mol. The molecule has 7 heteroatoms. The van der Waals surface area contributed by atoms with Crippen molar-refractivity contribution in [2.75, 3.05) is 5.32 Å². The highest BCUT2D eigenvalue weighted by Gasteiger charge is 2.14. The van der Waals surface area contributed by atoms with Crippen LogP contribution in [0.25, 0.3) is 0 Å². The van der Waals surface area contributed by atoms with Crippen molar-refractivity contribution in [3.63, 3.8) is 0 Å². The second-order valence-electron chi connectivity index (χ2n) is 4.67. The first-order chi connectivity index (χ1) is 11.0. The number of para-hydroxylation sites is 1. The van der Waals surface area contributed by atoms with Gasteiger partial charge in [-0.1, -0.05) is 23.7 Å². The molecule has 0 atom stereocenters. The Kier molecular flexibility index (Phi) is 5.32.